The molecule has 11 heteroatoms. The maximum atomic E-state index is 13.8. The number of benzene rings is 1. The van der Waals surface area contributed by atoms with Crippen molar-refractivity contribution in [2.75, 3.05) is 6.54 Å². The van der Waals surface area contributed by atoms with Crippen molar-refractivity contribution in [1.82, 2.24) is 29.3 Å². The van der Waals surface area contributed by atoms with Crippen LogP contribution in [0.2, 0.25) is 0 Å². The van der Waals surface area contributed by atoms with Crippen molar-refractivity contribution in [2.45, 2.75) is 78.2 Å². The number of sulfonamides is 1. The molecule has 4 heterocycles. The molecule has 4 aromatic rings. The minimum Gasteiger partial charge on any atom is -0.366 e. The highest BCUT2D eigenvalue weighted by Gasteiger charge is 2.39. The summed E-state index contributed by atoms with van der Waals surface area (Å²) in [6.07, 6.45) is 8.55. The first kappa shape index (κ1) is 31.6. The van der Waals surface area contributed by atoms with Crippen LogP contribution in [0.15, 0.2) is 72.3 Å². The lowest BCUT2D eigenvalue weighted by Gasteiger charge is -2.34. The van der Waals surface area contributed by atoms with Crippen LogP contribution in [0.4, 0.5) is 0 Å². The summed E-state index contributed by atoms with van der Waals surface area (Å²) in [6, 6.07) is 11.4. The van der Waals surface area contributed by atoms with E-state index in [2.05, 4.69) is 27.2 Å². The second kappa shape index (κ2) is 13.1. The van der Waals surface area contributed by atoms with Crippen molar-refractivity contribution < 1.29 is 17.9 Å². The van der Waals surface area contributed by atoms with Crippen molar-refractivity contribution in [3.8, 4) is 0 Å². The molecular weight excluding hydrogens is 576 g/mol. The van der Waals surface area contributed by atoms with E-state index in [-0.39, 0.29) is 36.2 Å². The zero-order valence-corrected chi connectivity index (χ0v) is 26.8. The predicted molar refractivity (Wildman–Crippen MR) is 166 cm³/mol. The molecule has 3 aromatic heterocycles. The lowest BCUT2D eigenvalue weighted by molar-refractivity contribution is -0.137. The van der Waals surface area contributed by atoms with Gasteiger partial charge in [0, 0.05) is 50.8 Å². The molecule has 0 bridgehead atoms. The molecule has 10 nitrogen and oxygen atoms in total. The SMILES string of the molecule is CCn1cc(CO[C@H](c2ccc(C)c(CN3C[C@@H](C)Cc4ccncc4S3(=O)=O)c2)C(C)(C)C(=O)Cc2cccnc2)nn1. The third kappa shape index (κ3) is 6.80. The number of aromatic nitrogens is 5. The van der Waals surface area contributed by atoms with Gasteiger partial charge >= 0.3 is 0 Å². The molecule has 0 fully saturated rings. The summed E-state index contributed by atoms with van der Waals surface area (Å²) < 4.78 is 37.4. The van der Waals surface area contributed by atoms with Crippen LogP contribution in [0.5, 0.6) is 0 Å². The molecule has 5 rings (SSSR count). The van der Waals surface area contributed by atoms with Crippen LogP contribution >= 0.6 is 0 Å². The van der Waals surface area contributed by atoms with Crippen LogP contribution in [-0.2, 0) is 52.1 Å². The van der Waals surface area contributed by atoms with Crippen LogP contribution in [-0.4, -0.2) is 50.0 Å². The van der Waals surface area contributed by atoms with E-state index in [0.29, 0.717) is 25.2 Å². The van der Waals surface area contributed by atoms with Gasteiger partial charge in [0.05, 0.1) is 24.3 Å². The molecule has 44 heavy (non-hydrogen) atoms. The Kier molecular flexibility index (Phi) is 9.38. The van der Waals surface area contributed by atoms with Gasteiger partial charge in [-0.3, -0.25) is 19.4 Å². The first-order chi connectivity index (χ1) is 21.0. The highest BCUT2D eigenvalue weighted by atomic mass is 32.2. The summed E-state index contributed by atoms with van der Waals surface area (Å²) in [7, 11) is -3.76. The molecule has 0 amide bonds. The van der Waals surface area contributed by atoms with E-state index >= 15 is 0 Å². The average Bonchev–Trinajstić information content (AvgIpc) is 3.43. The number of nitrogens with zero attached hydrogens (tertiary/aromatic N) is 6. The molecular formula is C33H40N6O4S. The monoisotopic (exact) mass is 616 g/mol. The number of ether oxygens (including phenoxy) is 1. The van der Waals surface area contributed by atoms with E-state index in [4.69, 9.17) is 4.74 Å². The van der Waals surface area contributed by atoms with E-state index in [0.717, 1.165) is 27.8 Å². The second-order valence-electron chi connectivity index (χ2n) is 12.2. The van der Waals surface area contributed by atoms with Crippen molar-refractivity contribution in [2.24, 2.45) is 11.3 Å². The molecule has 0 saturated heterocycles. The second-order valence-corrected chi connectivity index (χ2v) is 14.1. The number of Topliss-reactive ketones (excluding diaryl/α,β-unsaturated/α-hetero) is 1. The van der Waals surface area contributed by atoms with E-state index in [9.17, 15) is 13.2 Å². The maximum Gasteiger partial charge on any atom is 0.245 e. The van der Waals surface area contributed by atoms with Crippen molar-refractivity contribution in [1.29, 1.82) is 0 Å². The standard InChI is InChI=1S/C33H40N6O4S/c1-6-38-21-29(36-37-38)22-43-32(33(4,5)31(40)15-25-8-7-12-34-17-25)27-10-9-24(3)28(16-27)20-39-19-23(2)14-26-11-13-35-18-30(26)44(39,41)42/h7-13,16-18,21,23,32H,6,14-15,19-20,22H2,1-5H3/t23-,32+/m0/s1. The minimum absolute atomic E-state index is 0.00265. The van der Waals surface area contributed by atoms with E-state index in [1.54, 1.807) is 33.6 Å². The van der Waals surface area contributed by atoms with Crippen molar-refractivity contribution in [3.63, 3.8) is 0 Å². The lowest BCUT2D eigenvalue weighted by atomic mass is 9.76. The fourth-order valence-electron chi connectivity index (χ4n) is 5.71. The fraction of sp³-hybridized carbons (Fsp3) is 0.424. The van der Waals surface area contributed by atoms with Gasteiger partial charge in [-0.05, 0) is 66.1 Å². The molecule has 0 saturated carbocycles. The number of fused-ring (bicyclic) bond motifs is 1. The number of rotatable bonds is 11. The first-order valence-electron chi connectivity index (χ1n) is 14.9. The molecule has 0 aliphatic carbocycles. The molecule has 0 N–H and O–H groups in total. The van der Waals surface area contributed by atoms with Crippen LogP contribution in [0.1, 0.15) is 67.3 Å². The van der Waals surface area contributed by atoms with Crippen LogP contribution in [0, 0.1) is 18.3 Å². The summed E-state index contributed by atoms with van der Waals surface area (Å²) in [5.41, 5.74) is 3.95. The summed E-state index contributed by atoms with van der Waals surface area (Å²) in [5.74, 6) is 0.136. The van der Waals surface area contributed by atoms with Crippen molar-refractivity contribution >= 4 is 15.8 Å². The molecule has 1 aliphatic heterocycles. The Morgan fingerprint density at radius 1 is 1.14 bits per heavy atom. The van der Waals surface area contributed by atoms with Crippen molar-refractivity contribution in [3.05, 3.63) is 101 Å². The maximum absolute atomic E-state index is 13.8. The zero-order valence-electron chi connectivity index (χ0n) is 26.0. The Hall–Kier alpha value is -3.80. The molecule has 1 aromatic carbocycles. The first-order valence-corrected chi connectivity index (χ1v) is 16.4. The van der Waals surface area contributed by atoms with Gasteiger partial charge in [-0.2, -0.15) is 4.31 Å². The fourth-order valence-corrected chi connectivity index (χ4v) is 7.42. The number of hydrogen-bond acceptors (Lipinski definition) is 8. The quantitative estimate of drug-likeness (QED) is 0.234. The summed E-state index contributed by atoms with van der Waals surface area (Å²) >= 11 is 0. The van der Waals surface area contributed by atoms with Crippen LogP contribution < -0.4 is 0 Å². The Balaban J connectivity index is 1.48. The van der Waals surface area contributed by atoms with Gasteiger partial charge in [-0.15, -0.1) is 5.10 Å². The normalized spacial score (nSPS) is 17.5. The lowest BCUT2D eigenvalue weighted by Crippen LogP contribution is -2.35. The number of pyridine rings is 2. The number of aryl methyl sites for hydroxylation is 2. The topological polar surface area (TPSA) is 120 Å². The van der Waals surface area contributed by atoms with Gasteiger partial charge in [0.2, 0.25) is 10.0 Å². The highest BCUT2D eigenvalue weighted by molar-refractivity contribution is 7.89. The Morgan fingerprint density at radius 3 is 2.66 bits per heavy atom. The Morgan fingerprint density at radius 2 is 1.93 bits per heavy atom. The van der Waals surface area contributed by atoms with Gasteiger partial charge in [0.25, 0.3) is 0 Å². The third-order valence-corrected chi connectivity index (χ3v) is 10.2. The van der Waals surface area contributed by atoms with Crippen LogP contribution in [0.3, 0.4) is 0 Å². The van der Waals surface area contributed by atoms with E-state index < -0.39 is 21.5 Å². The molecule has 0 radical (unpaired) electrons. The van der Waals surface area contributed by atoms with Gasteiger partial charge in [0.1, 0.15) is 16.4 Å². The predicted octanol–water partition coefficient (Wildman–Crippen LogP) is 4.88. The highest BCUT2D eigenvalue weighted by Crippen LogP contribution is 2.40. The smallest absolute Gasteiger partial charge is 0.245 e. The Labute approximate surface area is 259 Å². The van der Waals surface area contributed by atoms with E-state index in [1.165, 1.54) is 6.20 Å². The molecule has 0 unspecified atom stereocenters. The molecule has 0 spiro atoms. The number of carbonyl (C=O) groups excluding carboxylic acids is 1. The minimum atomic E-state index is -3.76. The summed E-state index contributed by atoms with van der Waals surface area (Å²) in [4.78, 5) is 22.4. The van der Waals surface area contributed by atoms with Gasteiger partial charge in [-0.25, -0.2) is 8.42 Å². The van der Waals surface area contributed by atoms with E-state index in [1.807, 2.05) is 64.2 Å². The number of carbonyl (C=O) groups is 1. The molecule has 232 valence electrons. The Bertz CT molecular complexity index is 1720. The molecule has 1 aliphatic rings. The van der Waals surface area contributed by atoms with Gasteiger partial charge in [0.15, 0.2) is 0 Å². The number of ketones is 1. The number of hydrogen-bond donors (Lipinski definition) is 0. The largest absolute Gasteiger partial charge is 0.366 e. The zero-order chi connectivity index (χ0) is 31.5. The summed E-state index contributed by atoms with van der Waals surface area (Å²) in [5, 5.41) is 8.34. The molecule has 2 atom stereocenters. The summed E-state index contributed by atoms with van der Waals surface area (Å²) in [6.45, 7) is 11.2. The third-order valence-electron chi connectivity index (χ3n) is 8.36. The average molecular weight is 617 g/mol. The van der Waals surface area contributed by atoms with Gasteiger partial charge in [-0.1, -0.05) is 50.3 Å². The van der Waals surface area contributed by atoms with Gasteiger partial charge < -0.3 is 4.74 Å². The van der Waals surface area contributed by atoms with Crippen LogP contribution in [0.25, 0.3) is 0 Å².